The fourth-order valence-corrected chi connectivity index (χ4v) is 8.33. The molecule has 7 aromatic carbocycles. The van der Waals surface area contributed by atoms with Crippen molar-refractivity contribution in [1.82, 2.24) is 9.88 Å². The highest BCUT2D eigenvalue weighted by Crippen LogP contribution is 2.39. The fraction of sp³-hybridized carbons (Fsp3) is 0.0400. The quantitative estimate of drug-likeness (QED) is 0.179. The van der Waals surface area contributed by atoms with Crippen LogP contribution in [0.4, 0.5) is 0 Å². The molecule has 1 atom stereocenters. The number of benzene rings is 7. The van der Waals surface area contributed by atoms with Gasteiger partial charge >= 0.3 is 7.48 Å². The van der Waals surface area contributed by atoms with Crippen molar-refractivity contribution in [2.24, 2.45) is 9.98 Å². The second-order valence-corrected chi connectivity index (χ2v) is 14.5. The van der Waals surface area contributed by atoms with Gasteiger partial charge in [-0.1, -0.05) is 133 Å². The molecular weight excluding hydrogens is 699 g/mol. The summed E-state index contributed by atoms with van der Waals surface area (Å²) >= 11 is 0. The summed E-state index contributed by atoms with van der Waals surface area (Å²) in [6.07, 6.45) is 4.61. The number of para-hydroxylation sites is 2. The Morgan fingerprint density at radius 3 is 2.32 bits per heavy atom. The van der Waals surface area contributed by atoms with Crippen molar-refractivity contribution in [3.63, 3.8) is 0 Å². The standard InChI is InChI=1S/C50H35BN4O2/c1-3-13-32(14-4-1)35-25-28-43-41(29-35)38-20-8-9-22-42(38)55(43)37-26-27-39-46(30-37)56-45-24-12-21-40(47(39)45)50-53-48(34-16-5-2-6-17-34)52-49(54-50)36-19-11-18-33-15-7-10-23-44(33)57-51-31-36/h1-17,19-31,50-51H,18H2,(H,52,53,54)/b19-11-,36-31+. The lowest BCUT2D eigenvalue weighted by Gasteiger charge is -2.24. The van der Waals surface area contributed by atoms with E-state index in [2.05, 4.69) is 143 Å². The zero-order valence-electron chi connectivity index (χ0n) is 31.0. The molecule has 0 saturated carbocycles. The van der Waals surface area contributed by atoms with Crippen molar-refractivity contribution in [1.29, 1.82) is 0 Å². The van der Waals surface area contributed by atoms with Crippen molar-refractivity contribution < 1.29 is 9.07 Å². The lowest BCUT2D eigenvalue weighted by Crippen LogP contribution is -2.33. The van der Waals surface area contributed by atoms with Crippen LogP contribution in [0, 0.1) is 0 Å². The number of hydrogen-bond acceptors (Lipinski definition) is 5. The van der Waals surface area contributed by atoms with Crippen LogP contribution in [0.25, 0.3) is 60.6 Å². The van der Waals surface area contributed by atoms with Crippen molar-refractivity contribution in [2.45, 2.75) is 12.6 Å². The molecule has 11 rings (SSSR count). The first-order chi connectivity index (χ1) is 28.2. The molecular formula is C50H35BN4O2. The first kappa shape index (κ1) is 33.0. The molecule has 57 heavy (non-hydrogen) atoms. The molecule has 0 amide bonds. The summed E-state index contributed by atoms with van der Waals surface area (Å²) in [5, 5.41) is 8.17. The zero-order chi connectivity index (χ0) is 37.7. The highest BCUT2D eigenvalue weighted by atomic mass is 16.4. The first-order valence-corrected chi connectivity index (χ1v) is 19.4. The van der Waals surface area contributed by atoms with Gasteiger partial charge in [-0.05, 0) is 65.6 Å². The van der Waals surface area contributed by atoms with E-state index in [0.717, 1.165) is 78.9 Å². The molecule has 0 fully saturated rings. The Hall–Kier alpha value is -7.38. The molecule has 2 aliphatic heterocycles. The molecule has 0 bridgehead atoms. The number of aliphatic imine (C=N–C) groups is 2. The third-order valence-electron chi connectivity index (χ3n) is 11.0. The topological polar surface area (TPSA) is 64.0 Å². The smallest absolute Gasteiger partial charge is 0.367 e. The maximum Gasteiger partial charge on any atom is 0.367 e. The highest BCUT2D eigenvalue weighted by Gasteiger charge is 2.25. The molecule has 1 N–H and O–H groups in total. The van der Waals surface area contributed by atoms with Crippen LogP contribution >= 0.6 is 0 Å². The molecule has 0 spiro atoms. The van der Waals surface area contributed by atoms with E-state index in [-0.39, 0.29) is 0 Å². The monoisotopic (exact) mass is 734 g/mol. The Morgan fingerprint density at radius 1 is 0.632 bits per heavy atom. The number of furan rings is 1. The van der Waals surface area contributed by atoms with Crippen LogP contribution < -0.4 is 9.97 Å². The van der Waals surface area contributed by atoms with Crippen LogP contribution in [-0.2, 0) is 6.42 Å². The largest absolute Gasteiger partial charge is 0.560 e. The molecule has 6 nitrogen and oxygen atoms in total. The molecule has 7 heteroatoms. The van der Waals surface area contributed by atoms with Gasteiger partial charge in [-0.25, -0.2) is 9.98 Å². The molecule has 0 radical (unpaired) electrons. The van der Waals surface area contributed by atoms with Gasteiger partial charge in [0.15, 0.2) is 5.84 Å². The van der Waals surface area contributed by atoms with Gasteiger partial charge in [0.2, 0.25) is 0 Å². The van der Waals surface area contributed by atoms with Gasteiger partial charge in [-0.3, -0.25) is 0 Å². The van der Waals surface area contributed by atoms with E-state index < -0.39 is 6.17 Å². The number of nitrogens with zero attached hydrogens (tertiary/aromatic N) is 3. The summed E-state index contributed by atoms with van der Waals surface area (Å²) in [5.41, 5.74) is 11.4. The van der Waals surface area contributed by atoms with Crippen LogP contribution in [0.1, 0.15) is 22.9 Å². The first-order valence-electron chi connectivity index (χ1n) is 19.4. The van der Waals surface area contributed by atoms with Gasteiger partial charge in [-0.15, -0.1) is 0 Å². The molecule has 2 aromatic heterocycles. The maximum absolute atomic E-state index is 6.69. The summed E-state index contributed by atoms with van der Waals surface area (Å²) < 4.78 is 15.2. The van der Waals surface area contributed by atoms with Gasteiger partial charge in [0.05, 0.1) is 11.0 Å². The summed E-state index contributed by atoms with van der Waals surface area (Å²) in [6.45, 7) is 0. The fourth-order valence-electron chi connectivity index (χ4n) is 8.33. The number of hydrogen-bond donors (Lipinski definition) is 1. The van der Waals surface area contributed by atoms with Crippen molar-refractivity contribution in [3.8, 4) is 22.6 Å². The van der Waals surface area contributed by atoms with Crippen LogP contribution in [-0.4, -0.2) is 23.7 Å². The number of amidine groups is 2. The number of allylic oxidation sites excluding steroid dienone is 1. The summed E-state index contributed by atoms with van der Waals surface area (Å²) in [6, 6.07) is 57.2. The van der Waals surface area contributed by atoms with E-state index >= 15 is 0 Å². The molecule has 1 unspecified atom stereocenters. The zero-order valence-corrected chi connectivity index (χ0v) is 31.0. The number of nitrogens with one attached hydrogen (secondary N) is 1. The van der Waals surface area contributed by atoms with E-state index in [4.69, 9.17) is 19.1 Å². The SMILES string of the molecule is B1/C=C(C2=NC(c3cccc4oc5cc(-n6c7ccccc7c7cc(-c8ccccc8)ccc76)ccc5c34)NC(c3ccccc3)=N2)\C=C/Cc2ccccc2O1. The number of rotatable bonds is 5. The van der Waals surface area contributed by atoms with Crippen LogP contribution in [0.2, 0.25) is 0 Å². The Balaban J connectivity index is 1.02. The molecule has 270 valence electrons. The Kier molecular flexibility index (Phi) is 7.95. The van der Waals surface area contributed by atoms with Gasteiger partial charge in [0.1, 0.15) is 28.9 Å². The van der Waals surface area contributed by atoms with Crippen LogP contribution in [0.3, 0.4) is 0 Å². The van der Waals surface area contributed by atoms with E-state index in [1.807, 2.05) is 48.5 Å². The van der Waals surface area contributed by atoms with Gasteiger partial charge in [0, 0.05) is 50.0 Å². The Bertz CT molecular complexity index is 3140. The van der Waals surface area contributed by atoms with Crippen LogP contribution in [0.5, 0.6) is 5.75 Å². The molecule has 4 heterocycles. The molecule has 9 aromatic rings. The Morgan fingerprint density at radius 2 is 1.42 bits per heavy atom. The van der Waals surface area contributed by atoms with E-state index in [9.17, 15) is 0 Å². The minimum atomic E-state index is -0.423. The second-order valence-electron chi connectivity index (χ2n) is 14.5. The summed E-state index contributed by atoms with van der Waals surface area (Å²) in [7, 11) is 0.411. The third kappa shape index (κ3) is 5.83. The number of aromatic nitrogens is 1. The summed E-state index contributed by atoms with van der Waals surface area (Å²) in [4.78, 5) is 10.4. The van der Waals surface area contributed by atoms with E-state index in [1.54, 1.807) is 0 Å². The Labute approximate surface area is 330 Å². The predicted molar refractivity (Wildman–Crippen MR) is 235 cm³/mol. The summed E-state index contributed by atoms with van der Waals surface area (Å²) in [5.74, 6) is 4.38. The van der Waals surface area contributed by atoms with Crippen molar-refractivity contribution in [3.05, 3.63) is 204 Å². The minimum Gasteiger partial charge on any atom is -0.560 e. The lowest BCUT2D eigenvalue weighted by atomic mass is 9.95. The van der Waals surface area contributed by atoms with Crippen LogP contribution in [0.15, 0.2) is 202 Å². The molecule has 0 saturated heterocycles. The van der Waals surface area contributed by atoms with E-state index in [0.29, 0.717) is 13.3 Å². The normalized spacial score (nSPS) is 16.9. The van der Waals surface area contributed by atoms with Gasteiger partial charge < -0.3 is 19.0 Å². The third-order valence-corrected chi connectivity index (χ3v) is 11.0. The molecule has 2 aliphatic rings. The predicted octanol–water partition coefficient (Wildman–Crippen LogP) is 11.2. The van der Waals surface area contributed by atoms with E-state index in [1.165, 1.54) is 21.9 Å². The van der Waals surface area contributed by atoms with Crippen molar-refractivity contribution in [2.75, 3.05) is 0 Å². The maximum atomic E-state index is 6.69. The molecule has 0 aliphatic carbocycles. The lowest BCUT2D eigenvalue weighted by molar-refractivity contribution is 0.596. The second kappa shape index (κ2) is 13.7. The van der Waals surface area contributed by atoms with Gasteiger partial charge in [-0.2, -0.15) is 0 Å². The average molecular weight is 735 g/mol. The highest BCUT2D eigenvalue weighted by molar-refractivity contribution is 6.37. The number of fused-ring (bicyclic) bond motifs is 7. The van der Waals surface area contributed by atoms with Crippen molar-refractivity contribution >= 4 is 62.9 Å². The minimum absolute atomic E-state index is 0.411. The van der Waals surface area contributed by atoms with Gasteiger partial charge in [0.25, 0.3) is 0 Å². The average Bonchev–Trinajstić information content (AvgIpc) is 3.84.